The highest BCUT2D eigenvalue weighted by atomic mass is 16.4. The van der Waals surface area contributed by atoms with Crippen molar-refractivity contribution in [2.24, 2.45) is 0 Å². The Bertz CT molecular complexity index is 1780. The molecule has 1 heterocycles. The molecule has 4 nitrogen and oxygen atoms in total. The van der Waals surface area contributed by atoms with Crippen molar-refractivity contribution in [2.45, 2.75) is 26.2 Å². The molecule has 0 aliphatic rings. The van der Waals surface area contributed by atoms with Crippen molar-refractivity contribution in [1.29, 1.82) is 0 Å². The topological polar surface area (TPSA) is 42.2 Å². The number of nitrogens with zero attached hydrogens (tertiary/aromatic N) is 3. The van der Waals surface area contributed by atoms with Crippen molar-refractivity contribution in [2.75, 3.05) is 4.90 Å². The van der Waals surface area contributed by atoms with Crippen LogP contribution in [-0.4, -0.2) is 10.2 Å². The lowest BCUT2D eigenvalue weighted by molar-refractivity contribution is 0.582. The Kier molecular flexibility index (Phi) is 7.41. The van der Waals surface area contributed by atoms with E-state index in [4.69, 9.17) is 4.42 Å². The summed E-state index contributed by atoms with van der Waals surface area (Å²) < 4.78 is 5.98. The molecule has 0 atom stereocenters. The Morgan fingerprint density at radius 1 is 0.500 bits per heavy atom. The number of rotatable bonds is 5. The minimum Gasteiger partial charge on any atom is -0.416 e. The summed E-state index contributed by atoms with van der Waals surface area (Å²) >= 11 is 0. The lowest BCUT2D eigenvalue weighted by Crippen LogP contribution is -2.10. The molecule has 0 aliphatic heterocycles. The molecule has 0 aliphatic carbocycles. The molecule has 0 fully saturated rings. The van der Waals surface area contributed by atoms with Gasteiger partial charge in [-0.15, -0.1) is 10.2 Å². The summed E-state index contributed by atoms with van der Waals surface area (Å²) in [6.07, 6.45) is 0. The SMILES string of the molecule is CC(C)(C)c1ccc(-c2nnc(-c3ccc(C#Cc4ccc(N(c5ccccc5)c5ccccc5)cc4)cc3)o2)cc1. The van der Waals surface area contributed by atoms with E-state index >= 15 is 0 Å². The average Bonchev–Trinajstić information content (AvgIpc) is 3.52. The third-order valence-corrected chi connectivity index (χ3v) is 7.06. The molecule has 0 saturated heterocycles. The van der Waals surface area contributed by atoms with Crippen LogP contribution in [0.2, 0.25) is 0 Å². The maximum absolute atomic E-state index is 5.98. The largest absolute Gasteiger partial charge is 0.416 e. The maximum atomic E-state index is 5.98. The van der Waals surface area contributed by atoms with Crippen LogP contribution < -0.4 is 4.90 Å². The van der Waals surface area contributed by atoms with Crippen molar-refractivity contribution in [3.8, 4) is 34.7 Å². The molecule has 0 N–H and O–H groups in total. The summed E-state index contributed by atoms with van der Waals surface area (Å²) in [5.74, 6) is 7.55. The lowest BCUT2D eigenvalue weighted by Gasteiger charge is -2.25. The number of hydrogen-bond acceptors (Lipinski definition) is 4. The Morgan fingerprint density at radius 2 is 0.905 bits per heavy atom. The molecule has 4 heteroatoms. The van der Waals surface area contributed by atoms with Gasteiger partial charge in [-0.05, 0) is 95.9 Å². The standard InChI is InChI=1S/C38H31N3O/c1-38(2,3)32-24-22-31(23-25-32)37-40-39-36(42-37)30-20-16-28(17-21-30)14-15-29-18-26-35(27-19-29)41(33-10-6-4-7-11-33)34-12-8-5-9-13-34/h4-13,16-27H,1-3H3. The van der Waals surface area contributed by atoms with E-state index in [1.54, 1.807) is 0 Å². The van der Waals surface area contributed by atoms with Gasteiger partial charge in [-0.3, -0.25) is 0 Å². The first-order valence-electron chi connectivity index (χ1n) is 14.0. The predicted molar refractivity (Wildman–Crippen MR) is 171 cm³/mol. The van der Waals surface area contributed by atoms with E-state index in [1.807, 2.05) is 48.5 Å². The molecule has 6 rings (SSSR count). The van der Waals surface area contributed by atoms with Gasteiger partial charge in [-0.1, -0.05) is 81.1 Å². The fraction of sp³-hybridized carbons (Fsp3) is 0.105. The molecular weight excluding hydrogens is 514 g/mol. The van der Waals surface area contributed by atoms with E-state index in [1.165, 1.54) is 5.56 Å². The van der Waals surface area contributed by atoms with Gasteiger partial charge in [0.05, 0.1) is 0 Å². The van der Waals surface area contributed by atoms with Gasteiger partial charge in [0.15, 0.2) is 0 Å². The van der Waals surface area contributed by atoms with Gasteiger partial charge in [0.25, 0.3) is 0 Å². The first kappa shape index (κ1) is 26.8. The second-order valence-electron chi connectivity index (χ2n) is 11.1. The summed E-state index contributed by atoms with van der Waals surface area (Å²) in [5.41, 5.74) is 8.27. The van der Waals surface area contributed by atoms with Gasteiger partial charge in [0, 0.05) is 39.3 Å². The van der Waals surface area contributed by atoms with Gasteiger partial charge in [-0.2, -0.15) is 0 Å². The van der Waals surface area contributed by atoms with Gasteiger partial charge < -0.3 is 9.32 Å². The van der Waals surface area contributed by atoms with Crippen molar-refractivity contribution >= 4 is 17.1 Å². The molecule has 0 amide bonds. The highest BCUT2D eigenvalue weighted by molar-refractivity contribution is 5.76. The number of para-hydroxylation sites is 2. The molecule has 6 aromatic rings. The van der Waals surface area contributed by atoms with Gasteiger partial charge in [0.1, 0.15) is 0 Å². The molecule has 5 aromatic carbocycles. The minimum absolute atomic E-state index is 0.0958. The fourth-order valence-corrected chi connectivity index (χ4v) is 4.71. The number of benzene rings is 5. The van der Waals surface area contributed by atoms with Crippen LogP contribution in [0, 0.1) is 11.8 Å². The predicted octanol–water partition coefficient (Wildman–Crippen LogP) is 9.57. The summed E-state index contributed by atoms with van der Waals surface area (Å²) in [5, 5.41) is 8.53. The summed E-state index contributed by atoms with van der Waals surface area (Å²) in [4.78, 5) is 2.24. The van der Waals surface area contributed by atoms with E-state index in [0.717, 1.165) is 39.3 Å². The highest BCUT2D eigenvalue weighted by Crippen LogP contribution is 2.34. The molecule has 42 heavy (non-hydrogen) atoms. The lowest BCUT2D eigenvalue weighted by atomic mass is 9.87. The zero-order valence-electron chi connectivity index (χ0n) is 24.0. The van der Waals surface area contributed by atoms with Gasteiger partial charge in [-0.25, -0.2) is 0 Å². The Balaban J connectivity index is 1.16. The normalized spacial score (nSPS) is 11.0. The van der Waals surface area contributed by atoms with Crippen LogP contribution in [0.3, 0.4) is 0 Å². The van der Waals surface area contributed by atoms with E-state index < -0.39 is 0 Å². The maximum Gasteiger partial charge on any atom is 0.248 e. The van der Waals surface area contributed by atoms with E-state index in [2.05, 4.69) is 133 Å². The van der Waals surface area contributed by atoms with Crippen molar-refractivity contribution in [3.63, 3.8) is 0 Å². The molecule has 0 saturated carbocycles. The Morgan fingerprint density at radius 3 is 1.36 bits per heavy atom. The molecule has 0 bridgehead atoms. The zero-order valence-corrected chi connectivity index (χ0v) is 24.0. The molecule has 204 valence electrons. The van der Waals surface area contributed by atoms with Crippen molar-refractivity contribution < 1.29 is 4.42 Å². The van der Waals surface area contributed by atoms with E-state index in [0.29, 0.717) is 11.8 Å². The van der Waals surface area contributed by atoms with Crippen LogP contribution >= 0.6 is 0 Å². The molecule has 0 unspecified atom stereocenters. The first-order chi connectivity index (χ1) is 20.4. The van der Waals surface area contributed by atoms with Crippen molar-refractivity contribution in [3.05, 3.63) is 150 Å². The third-order valence-electron chi connectivity index (χ3n) is 7.06. The quantitative estimate of drug-likeness (QED) is 0.202. The van der Waals surface area contributed by atoms with Gasteiger partial charge in [0.2, 0.25) is 11.8 Å². The van der Waals surface area contributed by atoms with Crippen LogP contribution in [0.4, 0.5) is 17.1 Å². The van der Waals surface area contributed by atoms with Gasteiger partial charge >= 0.3 is 0 Å². The molecule has 0 spiro atoms. The summed E-state index contributed by atoms with van der Waals surface area (Å²) in [7, 11) is 0. The summed E-state index contributed by atoms with van der Waals surface area (Å²) in [6, 6.07) is 45.2. The monoisotopic (exact) mass is 545 g/mol. The highest BCUT2D eigenvalue weighted by Gasteiger charge is 2.15. The Labute approximate surface area is 247 Å². The van der Waals surface area contributed by atoms with E-state index in [-0.39, 0.29) is 5.41 Å². The van der Waals surface area contributed by atoms with Crippen LogP contribution in [0.5, 0.6) is 0 Å². The smallest absolute Gasteiger partial charge is 0.248 e. The fourth-order valence-electron chi connectivity index (χ4n) is 4.71. The Hall–Kier alpha value is -5.40. The summed E-state index contributed by atoms with van der Waals surface area (Å²) in [6.45, 7) is 6.59. The first-order valence-corrected chi connectivity index (χ1v) is 14.0. The number of anilines is 3. The van der Waals surface area contributed by atoms with Crippen molar-refractivity contribution in [1.82, 2.24) is 10.2 Å². The average molecular weight is 546 g/mol. The number of aromatic nitrogens is 2. The van der Waals surface area contributed by atoms with Crippen LogP contribution in [0.15, 0.2) is 138 Å². The molecule has 1 aromatic heterocycles. The number of hydrogen-bond donors (Lipinski definition) is 0. The second-order valence-corrected chi connectivity index (χ2v) is 11.1. The van der Waals surface area contributed by atoms with Crippen LogP contribution in [-0.2, 0) is 5.41 Å². The third kappa shape index (κ3) is 6.01. The zero-order chi connectivity index (χ0) is 28.9. The minimum atomic E-state index is 0.0958. The van der Waals surface area contributed by atoms with E-state index in [9.17, 15) is 0 Å². The van der Waals surface area contributed by atoms with Crippen LogP contribution in [0.1, 0.15) is 37.5 Å². The van der Waals surface area contributed by atoms with Crippen LogP contribution in [0.25, 0.3) is 22.9 Å². The second kappa shape index (κ2) is 11.6. The molecule has 0 radical (unpaired) electrons. The molecular formula is C38H31N3O.